The fraction of sp³-hybridized carbons (Fsp3) is 0.300. The van der Waals surface area contributed by atoms with Crippen molar-refractivity contribution in [1.82, 2.24) is 0 Å². The fourth-order valence-electron chi connectivity index (χ4n) is 1.25. The highest BCUT2D eigenvalue weighted by molar-refractivity contribution is 7.89. The fourth-order valence-corrected chi connectivity index (χ4v) is 1.96. The van der Waals surface area contributed by atoms with Gasteiger partial charge in [0, 0.05) is 0 Å². The highest BCUT2D eigenvalue weighted by Gasteiger charge is 2.21. The summed E-state index contributed by atoms with van der Waals surface area (Å²) in [6.45, 7) is 1.76. The molecule has 0 aliphatic heterocycles. The first-order valence-electron chi connectivity index (χ1n) is 4.78. The number of hydrogen-bond donors (Lipinski definition) is 1. The molecule has 0 radical (unpaired) electrons. The molecular formula is C10H13NO5S. The smallest absolute Gasteiger partial charge is 0.339 e. The van der Waals surface area contributed by atoms with Crippen LogP contribution in [0.15, 0.2) is 23.1 Å². The van der Waals surface area contributed by atoms with Crippen molar-refractivity contribution >= 4 is 16.0 Å². The van der Waals surface area contributed by atoms with E-state index in [1.165, 1.54) is 25.3 Å². The lowest BCUT2D eigenvalue weighted by Gasteiger charge is -2.08. The molecule has 0 atom stereocenters. The van der Waals surface area contributed by atoms with Gasteiger partial charge in [0.05, 0.1) is 24.2 Å². The molecule has 17 heavy (non-hydrogen) atoms. The van der Waals surface area contributed by atoms with Gasteiger partial charge >= 0.3 is 5.97 Å². The lowest BCUT2D eigenvalue weighted by atomic mass is 10.2. The van der Waals surface area contributed by atoms with Crippen LogP contribution in [0.25, 0.3) is 0 Å². The van der Waals surface area contributed by atoms with Gasteiger partial charge in [-0.05, 0) is 25.1 Å². The van der Waals surface area contributed by atoms with E-state index in [4.69, 9.17) is 14.6 Å². The predicted octanol–water partition coefficient (Wildman–Crippen LogP) is 0.519. The van der Waals surface area contributed by atoms with Crippen molar-refractivity contribution in [2.45, 2.75) is 11.8 Å². The van der Waals surface area contributed by atoms with Crippen LogP contribution in [0.1, 0.15) is 17.3 Å². The molecule has 2 N–H and O–H groups in total. The van der Waals surface area contributed by atoms with Crippen LogP contribution < -0.4 is 9.88 Å². The summed E-state index contributed by atoms with van der Waals surface area (Å²) in [7, 11) is -2.57. The number of carbonyl (C=O) groups is 1. The molecule has 0 aliphatic rings. The highest BCUT2D eigenvalue weighted by Crippen LogP contribution is 2.21. The molecule has 7 heteroatoms. The van der Waals surface area contributed by atoms with Gasteiger partial charge in [0.15, 0.2) is 0 Å². The Bertz CT molecular complexity index is 523. The zero-order chi connectivity index (χ0) is 13.1. The number of rotatable bonds is 4. The SMILES string of the molecule is CCOC(=O)c1cc(OC)ccc1S(N)(=O)=O. The molecular weight excluding hydrogens is 246 g/mol. The normalized spacial score (nSPS) is 11.0. The first kappa shape index (κ1) is 13.5. The summed E-state index contributed by atoms with van der Waals surface area (Å²) < 4.78 is 32.2. The van der Waals surface area contributed by atoms with Crippen LogP contribution in [-0.4, -0.2) is 28.1 Å². The van der Waals surface area contributed by atoms with Gasteiger partial charge in [-0.1, -0.05) is 0 Å². The summed E-state index contributed by atoms with van der Waals surface area (Å²) in [5.41, 5.74) is -0.131. The highest BCUT2D eigenvalue weighted by atomic mass is 32.2. The Balaban J connectivity index is 3.36. The molecule has 1 rings (SSSR count). The van der Waals surface area contributed by atoms with Crippen LogP contribution in [0.4, 0.5) is 0 Å². The summed E-state index contributed by atoms with van der Waals surface area (Å²) in [6.07, 6.45) is 0. The molecule has 0 aliphatic carbocycles. The molecule has 0 spiro atoms. The minimum Gasteiger partial charge on any atom is -0.497 e. The summed E-state index contributed by atoms with van der Waals surface area (Å²) in [4.78, 5) is 11.3. The summed E-state index contributed by atoms with van der Waals surface area (Å²) >= 11 is 0. The lowest BCUT2D eigenvalue weighted by Crippen LogP contribution is -2.18. The van der Waals surface area contributed by atoms with E-state index in [1.807, 2.05) is 0 Å². The van der Waals surface area contributed by atoms with Crippen LogP contribution in [0.2, 0.25) is 0 Å². The topological polar surface area (TPSA) is 95.7 Å². The van der Waals surface area contributed by atoms with Crippen molar-refractivity contribution in [2.24, 2.45) is 5.14 Å². The van der Waals surface area contributed by atoms with E-state index in [9.17, 15) is 13.2 Å². The second-order valence-corrected chi connectivity index (χ2v) is 4.66. The summed E-state index contributed by atoms with van der Waals surface area (Å²) in [6, 6.07) is 3.89. The summed E-state index contributed by atoms with van der Waals surface area (Å²) in [5.74, 6) is -0.407. The zero-order valence-corrected chi connectivity index (χ0v) is 10.3. The van der Waals surface area contributed by atoms with Crippen LogP contribution in [0, 0.1) is 0 Å². The maximum Gasteiger partial charge on any atom is 0.339 e. The van der Waals surface area contributed by atoms with Crippen molar-refractivity contribution in [3.63, 3.8) is 0 Å². The van der Waals surface area contributed by atoms with Crippen LogP contribution in [0.3, 0.4) is 0 Å². The van der Waals surface area contributed by atoms with Crippen LogP contribution in [0.5, 0.6) is 5.75 Å². The van der Waals surface area contributed by atoms with E-state index in [0.29, 0.717) is 5.75 Å². The van der Waals surface area contributed by atoms with Crippen molar-refractivity contribution in [1.29, 1.82) is 0 Å². The van der Waals surface area contributed by atoms with E-state index in [1.54, 1.807) is 6.92 Å². The number of hydrogen-bond acceptors (Lipinski definition) is 5. The molecule has 1 aromatic carbocycles. The molecule has 94 valence electrons. The largest absolute Gasteiger partial charge is 0.497 e. The Morgan fingerprint density at radius 3 is 2.53 bits per heavy atom. The Labute approximate surface area is 99.4 Å². The van der Waals surface area contributed by atoms with E-state index < -0.39 is 16.0 Å². The van der Waals surface area contributed by atoms with Gasteiger partial charge in [-0.3, -0.25) is 0 Å². The van der Waals surface area contributed by atoms with E-state index >= 15 is 0 Å². The molecule has 0 bridgehead atoms. The molecule has 0 fully saturated rings. The molecule has 0 saturated heterocycles. The third kappa shape index (κ3) is 3.18. The van der Waals surface area contributed by atoms with E-state index in [-0.39, 0.29) is 17.1 Å². The number of methoxy groups -OCH3 is 1. The van der Waals surface area contributed by atoms with E-state index in [2.05, 4.69) is 0 Å². The first-order chi connectivity index (χ1) is 7.90. The first-order valence-corrected chi connectivity index (χ1v) is 6.32. The number of carbonyl (C=O) groups excluding carboxylic acids is 1. The average molecular weight is 259 g/mol. The molecule has 0 heterocycles. The Kier molecular flexibility index (Phi) is 4.08. The Hall–Kier alpha value is -1.60. The van der Waals surface area contributed by atoms with Crippen molar-refractivity contribution in [2.75, 3.05) is 13.7 Å². The van der Waals surface area contributed by atoms with Gasteiger partial charge < -0.3 is 9.47 Å². The lowest BCUT2D eigenvalue weighted by molar-refractivity contribution is 0.0521. The predicted molar refractivity (Wildman–Crippen MR) is 60.3 cm³/mol. The molecule has 6 nitrogen and oxygen atoms in total. The van der Waals surface area contributed by atoms with Gasteiger partial charge in [-0.15, -0.1) is 0 Å². The average Bonchev–Trinajstić information content (AvgIpc) is 2.27. The number of sulfonamides is 1. The molecule has 0 saturated carbocycles. The molecule has 0 amide bonds. The number of esters is 1. The maximum atomic E-state index is 11.6. The van der Waals surface area contributed by atoms with Gasteiger partial charge in [0.25, 0.3) is 0 Å². The number of nitrogens with two attached hydrogens (primary N) is 1. The minimum absolute atomic E-state index is 0.131. The Morgan fingerprint density at radius 2 is 2.06 bits per heavy atom. The minimum atomic E-state index is -3.98. The van der Waals surface area contributed by atoms with Crippen molar-refractivity contribution in [3.05, 3.63) is 23.8 Å². The monoisotopic (exact) mass is 259 g/mol. The quantitative estimate of drug-likeness (QED) is 0.795. The second kappa shape index (κ2) is 5.15. The van der Waals surface area contributed by atoms with Gasteiger partial charge in [-0.25, -0.2) is 18.4 Å². The molecule has 0 unspecified atom stereocenters. The maximum absolute atomic E-state index is 11.6. The number of benzene rings is 1. The third-order valence-corrected chi connectivity index (χ3v) is 2.96. The van der Waals surface area contributed by atoms with Crippen LogP contribution in [-0.2, 0) is 14.8 Å². The molecule has 0 aromatic heterocycles. The van der Waals surface area contributed by atoms with Gasteiger partial charge in [-0.2, -0.15) is 0 Å². The Morgan fingerprint density at radius 1 is 1.41 bits per heavy atom. The number of primary sulfonamides is 1. The standard InChI is InChI=1S/C10H13NO5S/c1-3-16-10(12)8-6-7(15-2)4-5-9(8)17(11,13)14/h4-6H,3H2,1-2H3,(H2,11,13,14). The van der Waals surface area contributed by atoms with Crippen molar-refractivity contribution in [3.8, 4) is 5.75 Å². The number of ether oxygens (including phenoxy) is 2. The van der Waals surface area contributed by atoms with Crippen molar-refractivity contribution < 1.29 is 22.7 Å². The van der Waals surface area contributed by atoms with Gasteiger partial charge in [0.2, 0.25) is 10.0 Å². The zero-order valence-electron chi connectivity index (χ0n) is 9.47. The molecule has 1 aromatic rings. The van der Waals surface area contributed by atoms with Crippen LogP contribution >= 0.6 is 0 Å². The third-order valence-electron chi connectivity index (χ3n) is 1.99. The van der Waals surface area contributed by atoms with E-state index in [0.717, 1.165) is 0 Å². The second-order valence-electron chi connectivity index (χ2n) is 3.13. The van der Waals surface area contributed by atoms with Gasteiger partial charge in [0.1, 0.15) is 5.75 Å². The summed E-state index contributed by atoms with van der Waals surface area (Å²) in [5, 5.41) is 5.01.